The summed E-state index contributed by atoms with van der Waals surface area (Å²) < 4.78 is 22.9. The maximum Gasteiger partial charge on any atom is 0.344 e. The molecule has 0 heterocycles. The minimum absolute atomic E-state index is 0.237. The van der Waals surface area contributed by atoms with Crippen molar-refractivity contribution in [3.8, 4) is 5.75 Å². The first kappa shape index (κ1) is 19.0. The molecule has 1 atom stereocenters. The van der Waals surface area contributed by atoms with Crippen LogP contribution in [0.4, 0.5) is 10.1 Å². The van der Waals surface area contributed by atoms with Gasteiger partial charge in [-0.2, -0.15) is 0 Å². The van der Waals surface area contributed by atoms with E-state index in [1.54, 1.807) is 18.2 Å². The summed E-state index contributed by atoms with van der Waals surface area (Å²) >= 11 is 11.9. The van der Waals surface area contributed by atoms with E-state index in [4.69, 9.17) is 32.7 Å². The van der Waals surface area contributed by atoms with E-state index in [2.05, 4.69) is 5.32 Å². The van der Waals surface area contributed by atoms with Gasteiger partial charge in [-0.3, -0.25) is 4.79 Å². The number of ether oxygens (including phenoxy) is 2. The summed E-state index contributed by atoms with van der Waals surface area (Å²) in [6, 6.07) is 9.91. The third kappa shape index (κ3) is 5.62. The molecule has 0 spiro atoms. The van der Waals surface area contributed by atoms with Crippen LogP contribution in [-0.4, -0.2) is 24.6 Å². The highest BCUT2D eigenvalue weighted by atomic mass is 35.5. The zero-order valence-corrected chi connectivity index (χ0v) is 14.6. The van der Waals surface area contributed by atoms with Crippen LogP contribution in [-0.2, 0) is 14.3 Å². The number of para-hydroxylation sites is 1. The number of anilines is 1. The van der Waals surface area contributed by atoms with Gasteiger partial charge in [-0.05, 0) is 43.3 Å². The van der Waals surface area contributed by atoms with E-state index in [1.807, 2.05) is 0 Å². The van der Waals surface area contributed by atoms with Crippen LogP contribution in [0.25, 0.3) is 0 Å². The summed E-state index contributed by atoms with van der Waals surface area (Å²) in [5.41, 5.74) is 0.237. The maximum absolute atomic E-state index is 12.8. The molecular formula is C17H14Cl2FNO4. The van der Waals surface area contributed by atoms with Crippen LogP contribution >= 0.6 is 23.2 Å². The van der Waals surface area contributed by atoms with E-state index in [1.165, 1.54) is 31.2 Å². The van der Waals surface area contributed by atoms with Gasteiger partial charge in [-0.15, -0.1) is 0 Å². The van der Waals surface area contributed by atoms with Gasteiger partial charge in [0.05, 0.1) is 15.7 Å². The highest BCUT2D eigenvalue weighted by Crippen LogP contribution is 2.29. The monoisotopic (exact) mass is 385 g/mol. The third-order valence-corrected chi connectivity index (χ3v) is 3.69. The van der Waals surface area contributed by atoms with E-state index >= 15 is 0 Å². The Hall–Kier alpha value is -2.31. The Bertz CT molecular complexity index is 747. The molecule has 0 radical (unpaired) electrons. The van der Waals surface area contributed by atoms with Crippen molar-refractivity contribution in [1.82, 2.24) is 0 Å². The van der Waals surface area contributed by atoms with Gasteiger partial charge in [0.2, 0.25) is 0 Å². The van der Waals surface area contributed by atoms with Crippen LogP contribution in [0.2, 0.25) is 10.0 Å². The van der Waals surface area contributed by atoms with Crippen molar-refractivity contribution in [3.05, 3.63) is 58.3 Å². The number of carbonyl (C=O) groups excluding carboxylic acids is 2. The van der Waals surface area contributed by atoms with Gasteiger partial charge >= 0.3 is 5.97 Å². The SMILES string of the molecule is C[C@@H](OC(=O)COc1ccc(F)cc1)C(=O)Nc1c(Cl)cccc1Cl. The number of halogens is 3. The molecule has 8 heteroatoms. The van der Waals surface area contributed by atoms with Gasteiger partial charge < -0.3 is 14.8 Å². The number of amides is 1. The highest BCUT2D eigenvalue weighted by molar-refractivity contribution is 6.39. The van der Waals surface area contributed by atoms with Gasteiger partial charge in [0.15, 0.2) is 12.7 Å². The van der Waals surface area contributed by atoms with Crippen molar-refractivity contribution >= 4 is 40.8 Å². The third-order valence-electron chi connectivity index (χ3n) is 3.06. The second-order valence-corrected chi connectivity index (χ2v) is 5.77. The fourth-order valence-electron chi connectivity index (χ4n) is 1.80. The zero-order valence-electron chi connectivity index (χ0n) is 13.1. The second kappa shape index (κ2) is 8.69. The summed E-state index contributed by atoms with van der Waals surface area (Å²) in [4.78, 5) is 23.8. The molecule has 0 saturated heterocycles. The molecule has 0 fully saturated rings. The Kier molecular flexibility index (Phi) is 6.61. The molecule has 0 aliphatic carbocycles. The molecule has 2 aromatic carbocycles. The first-order valence-electron chi connectivity index (χ1n) is 7.19. The van der Waals surface area contributed by atoms with Gasteiger partial charge in [0.1, 0.15) is 11.6 Å². The van der Waals surface area contributed by atoms with Gasteiger partial charge in [0.25, 0.3) is 5.91 Å². The van der Waals surface area contributed by atoms with Crippen LogP contribution in [0.15, 0.2) is 42.5 Å². The number of nitrogens with one attached hydrogen (secondary N) is 1. The lowest BCUT2D eigenvalue weighted by Crippen LogP contribution is -2.31. The smallest absolute Gasteiger partial charge is 0.344 e. The molecule has 0 aromatic heterocycles. The van der Waals surface area contributed by atoms with Crippen LogP contribution in [0.1, 0.15) is 6.92 Å². The molecule has 1 N–H and O–H groups in total. The predicted molar refractivity (Wildman–Crippen MR) is 92.5 cm³/mol. The molecule has 5 nitrogen and oxygen atoms in total. The summed E-state index contributed by atoms with van der Waals surface area (Å²) in [6.45, 7) is 0.978. The van der Waals surface area contributed by atoms with Crippen LogP contribution in [0, 0.1) is 5.82 Å². The molecule has 2 rings (SSSR count). The molecule has 0 aliphatic heterocycles. The molecule has 0 saturated carbocycles. The fourth-order valence-corrected chi connectivity index (χ4v) is 2.29. The van der Waals surface area contributed by atoms with Crippen molar-refractivity contribution in [2.75, 3.05) is 11.9 Å². The van der Waals surface area contributed by atoms with Crippen LogP contribution < -0.4 is 10.1 Å². The molecular weight excluding hydrogens is 372 g/mol. The maximum atomic E-state index is 12.8. The quantitative estimate of drug-likeness (QED) is 0.760. The molecule has 2 aromatic rings. The summed E-state index contributed by atoms with van der Waals surface area (Å²) in [5, 5.41) is 3.03. The van der Waals surface area contributed by atoms with Gasteiger partial charge in [-0.1, -0.05) is 29.3 Å². The van der Waals surface area contributed by atoms with Crippen molar-refractivity contribution in [3.63, 3.8) is 0 Å². The normalized spacial score (nSPS) is 11.5. The minimum atomic E-state index is -1.09. The Labute approximate surface area is 153 Å². The van der Waals surface area contributed by atoms with Gasteiger partial charge in [-0.25, -0.2) is 9.18 Å². The topological polar surface area (TPSA) is 64.6 Å². The number of esters is 1. The summed E-state index contributed by atoms with van der Waals surface area (Å²) in [5.74, 6) is -1.46. The number of benzene rings is 2. The largest absolute Gasteiger partial charge is 0.482 e. The fraction of sp³-hybridized carbons (Fsp3) is 0.176. The van der Waals surface area contributed by atoms with E-state index < -0.39 is 30.4 Å². The summed E-state index contributed by atoms with van der Waals surface area (Å²) in [7, 11) is 0. The van der Waals surface area contributed by atoms with E-state index in [0.29, 0.717) is 5.75 Å². The number of hydrogen-bond acceptors (Lipinski definition) is 4. The lowest BCUT2D eigenvalue weighted by Gasteiger charge is -2.15. The summed E-state index contributed by atoms with van der Waals surface area (Å²) in [6.07, 6.45) is -1.09. The molecule has 25 heavy (non-hydrogen) atoms. The van der Waals surface area contributed by atoms with Crippen molar-refractivity contribution in [1.29, 1.82) is 0 Å². The average Bonchev–Trinajstić information content (AvgIpc) is 2.57. The Morgan fingerprint density at radius 3 is 2.32 bits per heavy atom. The first-order chi connectivity index (χ1) is 11.9. The Morgan fingerprint density at radius 1 is 1.12 bits per heavy atom. The molecule has 132 valence electrons. The number of carbonyl (C=O) groups is 2. The van der Waals surface area contributed by atoms with Crippen molar-refractivity contribution in [2.24, 2.45) is 0 Å². The van der Waals surface area contributed by atoms with E-state index in [-0.39, 0.29) is 15.7 Å². The predicted octanol–water partition coefficient (Wildman–Crippen LogP) is 4.08. The van der Waals surface area contributed by atoms with Crippen molar-refractivity contribution in [2.45, 2.75) is 13.0 Å². The zero-order chi connectivity index (χ0) is 18.4. The molecule has 0 aliphatic rings. The minimum Gasteiger partial charge on any atom is -0.482 e. The van der Waals surface area contributed by atoms with E-state index in [9.17, 15) is 14.0 Å². The second-order valence-electron chi connectivity index (χ2n) is 4.96. The number of hydrogen-bond donors (Lipinski definition) is 1. The lowest BCUT2D eigenvalue weighted by molar-refractivity contribution is -0.155. The lowest BCUT2D eigenvalue weighted by atomic mass is 10.3. The molecule has 1 amide bonds. The van der Waals surface area contributed by atoms with E-state index in [0.717, 1.165) is 0 Å². The standard InChI is InChI=1S/C17H14Cl2FNO4/c1-10(17(23)21-16-13(18)3-2-4-14(16)19)25-15(22)9-24-12-7-5-11(20)6-8-12/h2-8,10H,9H2,1H3,(H,21,23)/t10-/m1/s1. The highest BCUT2D eigenvalue weighted by Gasteiger charge is 2.20. The first-order valence-corrected chi connectivity index (χ1v) is 7.95. The molecule has 0 unspecified atom stereocenters. The van der Waals surface area contributed by atoms with Crippen LogP contribution in [0.5, 0.6) is 5.75 Å². The Morgan fingerprint density at radius 2 is 1.72 bits per heavy atom. The average molecular weight is 386 g/mol. The Balaban J connectivity index is 1.85. The molecule has 0 bridgehead atoms. The van der Waals surface area contributed by atoms with Crippen LogP contribution in [0.3, 0.4) is 0 Å². The van der Waals surface area contributed by atoms with Gasteiger partial charge in [0, 0.05) is 0 Å². The van der Waals surface area contributed by atoms with Crippen molar-refractivity contribution < 1.29 is 23.5 Å². The number of rotatable bonds is 6.